The van der Waals surface area contributed by atoms with Crippen LogP contribution >= 0.6 is 31.9 Å². The molecule has 1 aliphatic rings. The molecule has 3 nitrogen and oxygen atoms in total. The van der Waals surface area contributed by atoms with Crippen LogP contribution in [-0.4, -0.2) is 12.8 Å². The van der Waals surface area contributed by atoms with E-state index in [2.05, 4.69) is 31.9 Å². The molecule has 89 valence electrons. The molecule has 1 aliphatic carbocycles. The fourth-order valence-corrected chi connectivity index (χ4v) is 2.48. The maximum Gasteiger partial charge on any atom is 0.509 e. The number of ether oxygens (including phenoxy) is 2. The molecule has 0 saturated carbocycles. The van der Waals surface area contributed by atoms with Gasteiger partial charge in [-0.15, -0.1) is 0 Å². The van der Waals surface area contributed by atoms with Gasteiger partial charge in [-0.25, -0.2) is 4.79 Å². The first-order valence-electron chi connectivity index (χ1n) is 5.05. The third-order valence-electron chi connectivity index (χ3n) is 1.87. The van der Waals surface area contributed by atoms with Crippen LogP contribution in [0.25, 0.3) is 0 Å². The summed E-state index contributed by atoms with van der Waals surface area (Å²) >= 11 is 6.68. The second-order valence-corrected chi connectivity index (χ2v) is 5.25. The summed E-state index contributed by atoms with van der Waals surface area (Å²) in [5.74, 6) is 0. The quantitative estimate of drug-likeness (QED) is 0.554. The Balaban J connectivity index is 2.32. The van der Waals surface area contributed by atoms with Crippen molar-refractivity contribution in [3.8, 4) is 0 Å². The van der Waals surface area contributed by atoms with Crippen LogP contribution in [0.3, 0.4) is 0 Å². The van der Waals surface area contributed by atoms with Gasteiger partial charge in [0.25, 0.3) is 0 Å². The third-order valence-corrected chi connectivity index (χ3v) is 2.84. The van der Waals surface area contributed by atoms with Crippen molar-refractivity contribution < 1.29 is 14.3 Å². The van der Waals surface area contributed by atoms with Crippen molar-refractivity contribution in [2.24, 2.45) is 0 Å². The Labute approximate surface area is 112 Å². The van der Waals surface area contributed by atoms with E-state index in [-0.39, 0.29) is 0 Å². The van der Waals surface area contributed by atoms with Crippen LogP contribution in [0, 0.1) is 6.10 Å². The zero-order valence-electron chi connectivity index (χ0n) is 8.96. The maximum atomic E-state index is 11.3. The fraction of sp³-hybridized carbons (Fsp3) is 0.455. The van der Waals surface area contributed by atoms with Crippen molar-refractivity contribution in [1.29, 1.82) is 0 Å². The Morgan fingerprint density at radius 1 is 1.44 bits per heavy atom. The number of hydrogen-bond donors (Lipinski definition) is 0. The lowest BCUT2D eigenvalue weighted by molar-refractivity contribution is 0.0630. The topological polar surface area (TPSA) is 35.5 Å². The van der Waals surface area contributed by atoms with Crippen molar-refractivity contribution in [2.75, 3.05) is 6.61 Å². The second kappa shape index (κ2) is 7.12. The Morgan fingerprint density at radius 2 is 2.19 bits per heavy atom. The summed E-state index contributed by atoms with van der Waals surface area (Å²) in [6.45, 7) is 2.44. The number of unbranched alkanes of at least 4 members (excludes halogenated alkanes) is 1. The molecule has 0 fully saturated rings. The molecule has 16 heavy (non-hydrogen) atoms. The second-order valence-electron chi connectivity index (χ2n) is 3.32. The summed E-state index contributed by atoms with van der Waals surface area (Å²) in [5, 5.41) is 0. The predicted molar refractivity (Wildman–Crippen MR) is 69.2 cm³/mol. The van der Waals surface area contributed by atoms with Gasteiger partial charge in [0, 0.05) is 15.4 Å². The van der Waals surface area contributed by atoms with Gasteiger partial charge in [0.05, 0.1) is 6.61 Å². The molecule has 0 unspecified atom stereocenters. The summed E-state index contributed by atoms with van der Waals surface area (Å²) < 4.78 is 11.8. The van der Waals surface area contributed by atoms with Gasteiger partial charge in [-0.2, -0.15) is 0 Å². The van der Waals surface area contributed by atoms with Gasteiger partial charge >= 0.3 is 6.16 Å². The molecule has 0 amide bonds. The molecular formula is C11H13Br2O3. The molecule has 5 heteroatoms. The number of hydrogen-bond acceptors (Lipinski definition) is 3. The standard InChI is InChI=1S/C11H13Br2O3/c1-2-3-4-15-11(14)16-10-6-8(12)5-9(13)7-10/h5-6H,2-4,7H2,1H3. The molecule has 0 saturated heterocycles. The summed E-state index contributed by atoms with van der Waals surface area (Å²) in [4.78, 5) is 11.3. The molecule has 1 rings (SSSR count). The van der Waals surface area contributed by atoms with Gasteiger partial charge < -0.3 is 9.47 Å². The molecule has 0 atom stereocenters. The highest BCUT2D eigenvalue weighted by molar-refractivity contribution is 9.12. The lowest BCUT2D eigenvalue weighted by atomic mass is 10.1. The van der Waals surface area contributed by atoms with E-state index < -0.39 is 6.16 Å². The van der Waals surface area contributed by atoms with Gasteiger partial charge in [0.1, 0.15) is 0 Å². The molecular weight excluding hydrogens is 340 g/mol. The third kappa shape index (κ3) is 5.16. The average molecular weight is 353 g/mol. The Hall–Kier alpha value is -0.290. The monoisotopic (exact) mass is 351 g/mol. The zero-order valence-corrected chi connectivity index (χ0v) is 12.1. The number of allylic oxidation sites excluding steroid dienone is 2. The predicted octanol–water partition coefficient (Wildman–Crippen LogP) is 4.43. The number of halogens is 2. The molecule has 0 aromatic carbocycles. The van der Waals surface area contributed by atoms with Crippen molar-refractivity contribution >= 4 is 38.0 Å². The van der Waals surface area contributed by atoms with Gasteiger partial charge in [-0.05, 0) is 18.6 Å². The molecule has 0 heterocycles. The maximum absolute atomic E-state index is 11.3. The van der Waals surface area contributed by atoms with Crippen LogP contribution in [0.2, 0.25) is 0 Å². The van der Waals surface area contributed by atoms with Crippen molar-refractivity contribution in [2.45, 2.75) is 26.2 Å². The Bertz CT molecular complexity index is 310. The first kappa shape index (κ1) is 13.8. The van der Waals surface area contributed by atoms with E-state index in [0.717, 1.165) is 21.8 Å². The first-order chi connectivity index (χ1) is 7.61. The van der Waals surface area contributed by atoms with Crippen LogP contribution < -0.4 is 0 Å². The number of carbonyl (C=O) groups is 1. The SMILES string of the molecule is CCCCOC(=O)O[C]1C=C(Br)C=C(Br)C1. The minimum absolute atomic E-state index is 0.407. The lowest BCUT2D eigenvalue weighted by Crippen LogP contribution is -2.13. The van der Waals surface area contributed by atoms with Crippen LogP contribution in [0.1, 0.15) is 26.2 Å². The highest BCUT2D eigenvalue weighted by Gasteiger charge is 2.19. The van der Waals surface area contributed by atoms with E-state index in [1.807, 2.05) is 13.0 Å². The summed E-state index contributed by atoms with van der Waals surface area (Å²) in [6.07, 6.45) is 6.01. The van der Waals surface area contributed by atoms with E-state index in [1.54, 1.807) is 6.08 Å². The van der Waals surface area contributed by atoms with Crippen molar-refractivity contribution in [1.82, 2.24) is 0 Å². The largest absolute Gasteiger partial charge is 0.509 e. The normalized spacial score (nSPS) is 16.4. The highest BCUT2D eigenvalue weighted by atomic mass is 79.9. The van der Waals surface area contributed by atoms with Gasteiger partial charge in [-0.1, -0.05) is 45.2 Å². The van der Waals surface area contributed by atoms with E-state index in [9.17, 15) is 4.79 Å². The van der Waals surface area contributed by atoms with Gasteiger partial charge in [-0.3, -0.25) is 0 Å². The van der Waals surface area contributed by atoms with E-state index in [4.69, 9.17) is 9.47 Å². The van der Waals surface area contributed by atoms with Gasteiger partial charge in [0.2, 0.25) is 0 Å². The number of rotatable bonds is 4. The van der Waals surface area contributed by atoms with Crippen molar-refractivity contribution in [3.05, 3.63) is 27.2 Å². The minimum atomic E-state index is -0.637. The Kier molecular flexibility index (Phi) is 6.13. The molecule has 0 bridgehead atoms. The van der Waals surface area contributed by atoms with Gasteiger partial charge in [0.15, 0.2) is 6.10 Å². The fourth-order valence-electron chi connectivity index (χ4n) is 1.12. The number of carbonyl (C=O) groups excluding carboxylic acids is 1. The van der Waals surface area contributed by atoms with Crippen molar-refractivity contribution in [3.63, 3.8) is 0 Å². The first-order valence-corrected chi connectivity index (χ1v) is 6.64. The lowest BCUT2D eigenvalue weighted by Gasteiger charge is -2.16. The van der Waals surface area contributed by atoms with E-state index in [1.165, 1.54) is 0 Å². The molecule has 0 N–H and O–H groups in total. The highest BCUT2D eigenvalue weighted by Crippen LogP contribution is 2.31. The molecule has 0 aliphatic heterocycles. The summed E-state index contributed by atoms with van der Waals surface area (Å²) in [6, 6.07) is 0. The van der Waals surface area contributed by atoms with E-state index in [0.29, 0.717) is 19.1 Å². The summed E-state index contributed by atoms with van der Waals surface area (Å²) in [5.41, 5.74) is 0. The zero-order chi connectivity index (χ0) is 12.0. The van der Waals surface area contributed by atoms with Crippen LogP contribution in [0.15, 0.2) is 21.1 Å². The molecule has 0 aromatic heterocycles. The molecule has 1 radical (unpaired) electrons. The average Bonchev–Trinajstić information content (AvgIpc) is 2.16. The van der Waals surface area contributed by atoms with Crippen LogP contribution in [0.5, 0.6) is 0 Å². The van der Waals surface area contributed by atoms with Crippen LogP contribution in [-0.2, 0) is 9.47 Å². The smallest absolute Gasteiger partial charge is 0.434 e. The summed E-state index contributed by atoms with van der Waals surface area (Å²) in [7, 11) is 0. The molecule has 0 spiro atoms. The minimum Gasteiger partial charge on any atom is -0.434 e. The van der Waals surface area contributed by atoms with E-state index >= 15 is 0 Å². The van der Waals surface area contributed by atoms with Crippen LogP contribution in [0.4, 0.5) is 4.79 Å². The Morgan fingerprint density at radius 3 is 2.81 bits per heavy atom. The molecule has 0 aromatic rings.